The van der Waals surface area contributed by atoms with E-state index in [0.717, 1.165) is 16.7 Å². The fraction of sp³-hybridized carbons (Fsp3) is 0.250. The zero-order valence-electron chi connectivity index (χ0n) is 12.2. The van der Waals surface area contributed by atoms with Crippen molar-refractivity contribution in [2.45, 2.75) is 19.5 Å². The first-order valence-corrected chi connectivity index (χ1v) is 7.40. The maximum absolute atomic E-state index is 12.2. The lowest BCUT2D eigenvalue weighted by Gasteiger charge is -2.15. The highest BCUT2D eigenvalue weighted by molar-refractivity contribution is 6.34. The number of benzene rings is 1. The van der Waals surface area contributed by atoms with Crippen LogP contribution in [0.3, 0.4) is 0 Å². The van der Waals surface area contributed by atoms with Gasteiger partial charge >= 0.3 is 0 Å². The van der Waals surface area contributed by atoms with Crippen LogP contribution >= 0.6 is 11.6 Å². The molecule has 3 aromatic rings. The highest BCUT2D eigenvalue weighted by Gasteiger charge is 2.13. The first-order valence-electron chi connectivity index (χ1n) is 7.02. The van der Waals surface area contributed by atoms with Crippen molar-refractivity contribution >= 4 is 28.4 Å². The zero-order chi connectivity index (χ0) is 15.5. The summed E-state index contributed by atoms with van der Waals surface area (Å²) >= 11 is 6.11. The molecule has 0 fully saturated rings. The number of para-hydroxylation sites is 1. The molecule has 0 spiro atoms. The summed E-state index contributed by atoms with van der Waals surface area (Å²) in [4.78, 5) is 13.8. The lowest BCUT2D eigenvalue weighted by Crippen LogP contribution is -2.27. The summed E-state index contributed by atoms with van der Waals surface area (Å²) in [6.07, 6.45) is 1.96. The van der Waals surface area contributed by atoms with Gasteiger partial charge < -0.3 is 9.32 Å². The Balaban J connectivity index is 1.65. The van der Waals surface area contributed by atoms with Crippen LogP contribution in [0.25, 0.3) is 10.9 Å². The van der Waals surface area contributed by atoms with Crippen molar-refractivity contribution < 1.29 is 9.21 Å². The second kappa shape index (κ2) is 6.23. The molecule has 0 saturated heterocycles. The van der Waals surface area contributed by atoms with Gasteiger partial charge in [-0.25, -0.2) is 0 Å². The van der Waals surface area contributed by atoms with E-state index < -0.39 is 0 Å². The molecule has 0 aliphatic rings. The summed E-state index contributed by atoms with van der Waals surface area (Å²) in [6, 6.07) is 11.4. The second-order valence-electron chi connectivity index (χ2n) is 5.11. The molecule has 0 aliphatic carbocycles. The van der Waals surface area contributed by atoms with Gasteiger partial charge in [-0.15, -0.1) is 0 Å². The third-order valence-electron chi connectivity index (χ3n) is 3.55. The van der Waals surface area contributed by atoms with Gasteiger partial charge in [-0.3, -0.25) is 9.48 Å². The van der Waals surface area contributed by atoms with Gasteiger partial charge in [0.25, 0.3) is 0 Å². The van der Waals surface area contributed by atoms with Crippen LogP contribution in [0.1, 0.15) is 12.2 Å². The van der Waals surface area contributed by atoms with Gasteiger partial charge in [0.15, 0.2) is 5.15 Å². The van der Waals surface area contributed by atoms with E-state index >= 15 is 0 Å². The summed E-state index contributed by atoms with van der Waals surface area (Å²) in [5.41, 5.74) is 0.939. The van der Waals surface area contributed by atoms with Crippen LogP contribution in [0.4, 0.5) is 0 Å². The molecule has 22 heavy (non-hydrogen) atoms. The smallest absolute Gasteiger partial charge is 0.224 e. The van der Waals surface area contributed by atoms with Crippen molar-refractivity contribution in [3.63, 3.8) is 0 Å². The molecule has 0 N–H and O–H groups in total. The fourth-order valence-corrected chi connectivity index (χ4v) is 2.63. The molecule has 0 saturated carbocycles. The number of furan rings is 1. The molecule has 0 bridgehead atoms. The number of hydrogen-bond acceptors (Lipinski definition) is 3. The number of rotatable bonds is 5. The summed E-state index contributed by atoms with van der Waals surface area (Å²) in [7, 11) is 1.76. The van der Waals surface area contributed by atoms with Gasteiger partial charge in [-0.05, 0) is 24.3 Å². The average Bonchev–Trinajstić information content (AvgIpc) is 3.14. The first-order chi connectivity index (χ1) is 10.6. The lowest BCUT2D eigenvalue weighted by molar-refractivity contribution is -0.130. The number of amides is 1. The van der Waals surface area contributed by atoms with Gasteiger partial charge in [0.05, 0.1) is 24.9 Å². The Labute approximate surface area is 133 Å². The zero-order valence-corrected chi connectivity index (χ0v) is 13.0. The minimum atomic E-state index is 0.0344. The highest BCUT2D eigenvalue weighted by Crippen LogP contribution is 2.22. The standard InChI is InChI=1S/C16H16ClN3O2/c1-19(11-12-5-4-10-22-12)15(21)8-9-20-14-7-3-2-6-13(14)16(17)18-20/h2-7,10H,8-9,11H2,1H3. The molecule has 114 valence electrons. The van der Waals surface area contributed by atoms with Crippen molar-refractivity contribution in [3.8, 4) is 0 Å². The predicted molar refractivity (Wildman–Crippen MR) is 84.5 cm³/mol. The summed E-state index contributed by atoms with van der Waals surface area (Å²) in [6.45, 7) is 0.959. The van der Waals surface area contributed by atoms with Crippen molar-refractivity contribution in [1.82, 2.24) is 14.7 Å². The van der Waals surface area contributed by atoms with E-state index in [0.29, 0.717) is 24.7 Å². The van der Waals surface area contributed by atoms with E-state index in [9.17, 15) is 4.79 Å². The minimum absolute atomic E-state index is 0.0344. The van der Waals surface area contributed by atoms with E-state index in [4.69, 9.17) is 16.0 Å². The molecule has 2 aromatic heterocycles. The number of nitrogens with zero attached hydrogens (tertiary/aromatic N) is 3. The van der Waals surface area contributed by atoms with E-state index in [1.165, 1.54) is 0 Å². The van der Waals surface area contributed by atoms with Gasteiger partial charge in [0.1, 0.15) is 5.76 Å². The molecule has 0 aliphatic heterocycles. The predicted octanol–water partition coefficient (Wildman–Crippen LogP) is 3.33. The van der Waals surface area contributed by atoms with Gasteiger partial charge in [0.2, 0.25) is 5.91 Å². The molecule has 2 heterocycles. The van der Waals surface area contributed by atoms with Crippen molar-refractivity contribution in [2.75, 3.05) is 7.05 Å². The number of halogens is 1. The number of fused-ring (bicyclic) bond motifs is 1. The Morgan fingerprint density at radius 1 is 1.32 bits per heavy atom. The Kier molecular flexibility index (Phi) is 4.15. The average molecular weight is 318 g/mol. The second-order valence-corrected chi connectivity index (χ2v) is 5.47. The Morgan fingerprint density at radius 2 is 2.14 bits per heavy atom. The van der Waals surface area contributed by atoms with Gasteiger partial charge in [-0.2, -0.15) is 5.10 Å². The lowest BCUT2D eigenvalue weighted by atomic mass is 10.2. The summed E-state index contributed by atoms with van der Waals surface area (Å²) in [5, 5.41) is 5.66. The molecule has 0 unspecified atom stereocenters. The molecule has 3 rings (SSSR count). The Bertz CT molecular complexity index is 780. The summed E-state index contributed by atoms with van der Waals surface area (Å²) < 4.78 is 7.02. The molecule has 5 nitrogen and oxygen atoms in total. The topological polar surface area (TPSA) is 51.3 Å². The highest BCUT2D eigenvalue weighted by atomic mass is 35.5. The van der Waals surface area contributed by atoms with Crippen LogP contribution in [-0.2, 0) is 17.9 Å². The molecule has 1 aromatic carbocycles. The van der Waals surface area contributed by atoms with Crippen LogP contribution in [0.2, 0.25) is 5.15 Å². The van der Waals surface area contributed by atoms with E-state index in [-0.39, 0.29) is 5.91 Å². The summed E-state index contributed by atoms with van der Waals surface area (Å²) in [5.74, 6) is 0.801. The molecule has 6 heteroatoms. The molecule has 1 amide bonds. The van der Waals surface area contributed by atoms with Crippen molar-refractivity contribution in [1.29, 1.82) is 0 Å². The number of aryl methyl sites for hydroxylation is 1. The molecule has 0 radical (unpaired) electrons. The van der Waals surface area contributed by atoms with Gasteiger partial charge in [0, 0.05) is 18.9 Å². The molecule has 0 atom stereocenters. The van der Waals surface area contributed by atoms with E-state index in [2.05, 4.69) is 5.10 Å². The van der Waals surface area contributed by atoms with Crippen LogP contribution in [0.5, 0.6) is 0 Å². The number of carbonyl (C=O) groups is 1. The minimum Gasteiger partial charge on any atom is -0.467 e. The van der Waals surface area contributed by atoms with Crippen LogP contribution in [0, 0.1) is 0 Å². The van der Waals surface area contributed by atoms with Crippen molar-refractivity contribution in [3.05, 3.63) is 53.6 Å². The van der Waals surface area contributed by atoms with E-state index in [1.807, 2.05) is 36.4 Å². The SMILES string of the molecule is CN(Cc1ccco1)C(=O)CCn1nc(Cl)c2ccccc21. The largest absolute Gasteiger partial charge is 0.467 e. The first kappa shape index (κ1) is 14.7. The van der Waals surface area contributed by atoms with Gasteiger partial charge in [-0.1, -0.05) is 23.7 Å². The van der Waals surface area contributed by atoms with E-state index in [1.54, 1.807) is 22.9 Å². The maximum Gasteiger partial charge on any atom is 0.224 e. The monoisotopic (exact) mass is 317 g/mol. The van der Waals surface area contributed by atoms with Crippen LogP contribution < -0.4 is 0 Å². The van der Waals surface area contributed by atoms with Crippen LogP contribution in [0.15, 0.2) is 47.1 Å². The third-order valence-corrected chi connectivity index (χ3v) is 3.83. The van der Waals surface area contributed by atoms with Crippen LogP contribution in [-0.4, -0.2) is 27.6 Å². The fourth-order valence-electron chi connectivity index (χ4n) is 2.37. The third kappa shape index (κ3) is 2.99. The number of carbonyl (C=O) groups excluding carboxylic acids is 1. The molecular formula is C16H16ClN3O2. The number of aromatic nitrogens is 2. The normalized spacial score (nSPS) is 11.0. The number of hydrogen-bond donors (Lipinski definition) is 0. The van der Waals surface area contributed by atoms with Crippen molar-refractivity contribution in [2.24, 2.45) is 0 Å². The quantitative estimate of drug-likeness (QED) is 0.725. The maximum atomic E-state index is 12.2. The molecular weight excluding hydrogens is 302 g/mol. The Morgan fingerprint density at radius 3 is 2.91 bits per heavy atom. The Hall–Kier alpha value is -2.27.